The fourth-order valence-corrected chi connectivity index (χ4v) is 6.64. The van der Waals surface area contributed by atoms with Gasteiger partial charge in [-0.05, 0) is 94.5 Å². The maximum atomic E-state index is 6.83. The highest BCUT2D eigenvalue weighted by atomic mass is 16.3. The maximum Gasteiger partial charge on any atom is 0.411 e. The van der Waals surface area contributed by atoms with Crippen molar-refractivity contribution in [3.8, 4) is 11.3 Å². The van der Waals surface area contributed by atoms with Crippen molar-refractivity contribution < 1.29 is 4.42 Å². The largest absolute Gasteiger partial charge is 0.453 e. The molecule has 5 aromatic rings. The van der Waals surface area contributed by atoms with E-state index in [1.54, 1.807) is 0 Å². The molecule has 0 spiro atoms. The Hall–Kier alpha value is -3.73. The number of pyridine rings is 1. The minimum Gasteiger partial charge on any atom is -0.453 e. The smallest absolute Gasteiger partial charge is 0.411 e. The van der Waals surface area contributed by atoms with Crippen LogP contribution in [0.4, 0.5) is 11.4 Å². The topological polar surface area (TPSA) is 32.5 Å². The molecule has 5 heteroatoms. The van der Waals surface area contributed by atoms with Crippen molar-refractivity contribution in [1.82, 2.24) is 4.98 Å². The van der Waals surface area contributed by atoms with Crippen molar-refractivity contribution >= 4 is 45.8 Å². The Morgan fingerprint density at radius 2 is 1.51 bits per heavy atom. The predicted octanol–water partition coefficient (Wildman–Crippen LogP) is 7.75. The number of aryl methyl sites for hydroxylation is 4. The summed E-state index contributed by atoms with van der Waals surface area (Å²) in [4.78, 5) is 9.63. The van der Waals surface area contributed by atoms with Crippen LogP contribution in [-0.2, 0) is 6.42 Å². The first-order valence-corrected chi connectivity index (χ1v) is 13.9. The summed E-state index contributed by atoms with van der Waals surface area (Å²) >= 11 is 0. The number of benzene rings is 3. The normalized spacial score (nSPS) is 13.7. The van der Waals surface area contributed by atoms with Crippen molar-refractivity contribution in [3.05, 3.63) is 82.5 Å². The lowest BCUT2D eigenvalue weighted by Crippen LogP contribution is -2.55. The van der Waals surface area contributed by atoms with Gasteiger partial charge in [0.2, 0.25) is 0 Å². The third-order valence-electron chi connectivity index (χ3n) is 8.29. The van der Waals surface area contributed by atoms with Gasteiger partial charge in [0, 0.05) is 22.5 Å². The van der Waals surface area contributed by atoms with Crippen LogP contribution >= 0.6 is 0 Å². The van der Waals surface area contributed by atoms with Gasteiger partial charge in [-0.1, -0.05) is 61.7 Å². The van der Waals surface area contributed by atoms with E-state index in [0.29, 0.717) is 0 Å². The number of anilines is 2. The molecule has 0 fully saturated rings. The van der Waals surface area contributed by atoms with Crippen molar-refractivity contribution in [2.45, 2.75) is 54.9 Å². The lowest BCUT2D eigenvalue weighted by molar-refractivity contribution is 0.410. The predicted molar refractivity (Wildman–Crippen MR) is 168 cm³/mol. The summed E-state index contributed by atoms with van der Waals surface area (Å²) in [7, 11) is 4.39. The van der Waals surface area contributed by atoms with Crippen LogP contribution < -0.4 is 15.1 Å². The number of para-hydroxylation sites is 1. The number of rotatable bonds is 3. The highest BCUT2D eigenvalue weighted by Gasteiger charge is 2.41. The molecule has 1 aliphatic rings. The summed E-state index contributed by atoms with van der Waals surface area (Å²) in [5.74, 6) is 0. The van der Waals surface area contributed by atoms with E-state index in [-0.39, 0.29) is 12.4 Å². The van der Waals surface area contributed by atoms with Gasteiger partial charge in [0.05, 0.1) is 17.1 Å². The summed E-state index contributed by atoms with van der Waals surface area (Å²) < 4.78 is 6.83. The summed E-state index contributed by atoms with van der Waals surface area (Å²) in [6, 6.07) is 17.7. The summed E-state index contributed by atoms with van der Waals surface area (Å²) in [6.45, 7) is 15.7. The van der Waals surface area contributed by atoms with Gasteiger partial charge in [-0.3, -0.25) is 4.98 Å². The van der Waals surface area contributed by atoms with E-state index in [1.807, 2.05) is 6.20 Å². The number of furan rings is 1. The molecule has 4 nitrogen and oxygen atoms in total. The van der Waals surface area contributed by atoms with Crippen LogP contribution in [0.3, 0.4) is 0 Å². The molecule has 0 saturated heterocycles. The summed E-state index contributed by atoms with van der Waals surface area (Å²) in [5.41, 5.74) is 14.3. The van der Waals surface area contributed by atoms with E-state index >= 15 is 0 Å². The Kier molecular flexibility index (Phi) is 5.83. The molecule has 0 atom stereocenters. The molecule has 0 N–H and O–H groups in total. The van der Waals surface area contributed by atoms with Gasteiger partial charge in [-0.25, -0.2) is 0 Å². The third-order valence-corrected chi connectivity index (χ3v) is 8.29. The molecular weight excluding hydrogens is 477 g/mol. The Bertz CT molecular complexity index is 1740. The fourth-order valence-electron chi connectivity index (χ4n) is 6.64. The lowest BCUT2D eigenvalue weighted by Gasteiger charge is -2.27. The van der Waals surface area contributed by atoms with Crippen molar-refractivity contribution in [2.24, 2.45) is 5.41 Å². The zero-order valence-corrected chi connectivity index (χ0v) is 24.7. The molecule has 0 radical (unpaired) electrons. The van der Waals surface area contributed by atoms with E-state index in [4.69, 9.17) is 9.40 Å². The third kappa shape index (κ3) is 4.10. The number of hydrogen-bond acceptors (Lipinski definition) is 4. The number of hydrogen-bond donors (Lipinski definition) is 0. The fraction of sp³-hybridized carbons (Fsp3) is 0.324. The molecule has 6 rings (SSSR count). The molecule has 0 amide bonds. The molecule has 2 aromatic heterocycles. The van der Waals surface area contributed by atoms with Crippen molar-refractivity contribution in [1.29, 1.82) is 0 Å². The van der Waals surface area contributed by atoms with E-state index in [2.05, 4.69) is 121 Å². The van der Waals surface area contributed by atoms with Crippen molar-refractivity contribution in [3.63, 3.8) is 0 Å². The molecule has 0 saturated carbocycles. The first-order valence-electron chi connectivity index (χ1n) is 13.9. The first-order chi connectivity index (χ1) is 18.4. The molecule has 0 aliphatic carbocycles. The van der Waals surface area contributed by atoms with E-state index < -0.39 is 0 Å². The second kappa shape index (κ2) is 8.91. The highest BCUT2D eigenvalue weighted by molar-refractivity contribution is 6.82. The Labute approximate surface area is 232 Å². The van der Waals surface area contributed by atoms with E-state index in [1.165, 1.54) is 39.0 Å². The first kappa shape index (κ1) is 25.5. The average Bonchev–Trinajstić information content (AvgIpc) is 3.35. The number of fused-ring (bicyclic) bond motifs is 5. The van der Waals surface area contributed by atoms with Crippen LogP contribution in [-0.4, -0.2) is 26.1 Å². The molecule has 39 heavy (non-hydrogen) atoms. The Balaban J connectivity index is 1.52. The molecule has 3 heterocycles. The average molecular weight is 516 g/mol. The van der Waals surface area contributed by atoms with Gasteiger partial charge in [-0.2, -0.15) is 0 Å². The van der Waals surface area contributed by atoms with E-state index in [9.17, 15) is 0 Å². The van der Waals surface area contributed by atoms with Crippen LogP contribution in [0.5, 0.6) is 0 Å². The van der Waals surface area contributed by atoms with Crippen LogP contribution in [0.25, 0.3) is 33.2 Å². The minimum absolute atomic E-state index is 0.109. The van der Waals surface area contributed by atoms with Gasteiger partial charge < -0.3 is 14.0 Å². The zero-order chi connectivity index (χ0) is 27.8. The maximum absolute atomic E-state index is 6.83. The van der Waals surface area contributed by atoms with Crippen molar-refractivity contribution in [2.75, 3.05) is 23.7 Å². The number of nitrogens with zero attached hydrogens (tertiary/aromatic N) is 3. The molecule has 0 bridgehead atoms. The van der Waals surface area contributed by atoms with Crippen LogP contribution in [0.1, 0.15) is 48.6 Å². The second-order valence-corrected chi connectivity index (χ2v) is 12.7. The summed E-state index contributed by atoms with van der Waals surface area (Å²) in [6.07, 6.45) is 3.02. The van der Waals surface area contributed by atoms with E-state index in [0.717, 1.165) is 45.3 Å². The van der Waals surface area contributed by atoms with Crippen LogP contribution in [0.15, 0.2) is 59.1 Å². The highest BCUT2D eigenvalue weighted by Crippen LogP contribution is 2.46. The van der Waals surface area contributed by atoms with Crippen LogP contribution in [0, 0.1) is 33.1 Å². The van der Waals surface area contributed by atoms with Gasteiger partial charge >= 0.3 is 6.98 Å². The zero-order valence-electron chi connectivity index (χ0n) is 24.7. The molecule has 198 valence electrons. The second-order valence-electron chi connectivity index (χ2n) is 12.7. The van der Waals surface area contributed by atoms with Gasteiger partial charge in [0.25, 0.3) is 0 Å². The Morgan fingerprint density at radius 3 is 2.21 bits per heavy atom. The van der Waals surface area contributed by atoms with Gasteiger partial charge in [0.15, 0.2) is 5.58 Å². The number of aromatic nitrogens is 1. The quantitative estimate of drug-likeness (QED) is 0.230. The molecular formula is C34H38BN3O. The van der Waals surface area contributed by atoms with Gasteiger partial charge in [0.1, 0.15) is 5.58 Å². The molecule has 3 aromatic carbocycles. The molecule has 1 aliphatic heterocycles. The standard InChI is InChI=1S/C34H38BN3O/c1-20-15-21(2)30(22(3)16-20)35-37(8)29-14-13-26-25-11-10-12-27(32(25)39-33(26)31(29)38(35)9)28-17-24(18-34(5,6)7)23(4)19-36-28/h10-17,19H,18H2,1-9H3. The molecule has 0 unspecified atom stereocenters. The summed E-state index contributed by atoms with van der Waals surface area (Å²) in [5, 5.41) is 2.28. The Morgan fingerprint density at radius 1 is 0.821 bits per heavy atom. The SMILES string of the molecule is Cc1cc(C)c(B2N(C)c3ccc4c(oc5c(-c6cc(CC(C)(C)C)c(C)cn6)cccc54)c3N2C)c(C)c1. The monoisotopic (exact) mass is 515 g/mol. The van der Waals surface area contributed by atoms with Gasteiger partial charge in [-0.15, -0.1) is 0 Å². The minimum atomic E-state index is 0.109. The lowest BCUT2D eigenvalue weighted by atomic mass is 9.62. The van der Waals surface area contributed by atoms with Crippen LogP contribution in [0.2, 0.25) is 0 Å².